The zero-order valence-corrected chi connectivity index (χ0v) is 22.1. The van der Waals surface area contributed by atoms with Crippen LogP contribution in [-0.4, -0.2) is 44.3 Å². The van der Waals surface area contributed by atoms with E-state index >= 15 is 0 Å². The third-order valence-corrected chi connectivity index (χ3v) is 11.5. The summed E-state index contributed by atoms with van der Waals surface area (Å²) in [5, 5.41) is 45.5. The molecular weight excluding hydrogens is 412 g/mol. The van der Waals surface area contributed by atoms with E-state index in [1.165, 1.54) is 5.57 Å². The van der Waals surface area contributed by atoms with Gasteiger partial charge in [-0.3, -0.25) is 0 Å². The molecule has 4 fully saturated rings. The molecule has 0 unspecified atom stereocenters. The highest BCUT2D eigenvalue weighted by atomic mass is 16.3. The molecule has 4 heteroatoms. The first kappa shape index (κ1) is 25.7. The molecule has 4 nitrogen and oxygen atoms in total. The Morgan fingerprint density at radius 2 is 1.48 bits per heavy atom. The molecule has 0 aromatic heterocycles. The minimum absolute atomic E-state index is 0.0479. The van der Waals surface area contributed by atoms with Gasteiger partial charge in [0.15, 0.2) is 0 Å². The standard InChI is InChI=1S/C29H50O4/c1-17(2)9-8-12-29(7,33)18-10-13-27(5)19-16-22(31)25-26(3,4)23(32)11-14-28(25,6)20(19)15-21(30)24(18)27/h9,18-25,30-33H,8,10-16H2,1-7H3/t18-,19-,20-,21-,22+,23-,24+,25-,27-,28-,29+/m1/s1. The van der Waals surface area contributed by atoms with E-state index in [1.807, 2.05) is 6.92 Å². The zero-order chi connectivity index (χ0) is 24.6. The van der Waals surface area contributed by atoms with Crippen molar-refractivity contribution in [2.75, 3.05) is 0 Å². The van der Waals surface area contributed by atoms with Crippen LogP contribution in [0, 0.1) is 45.8 Å². The highest BCUT2D eigenvalue weighted by Crippen LogP contribution is 2.71. The van der Waals surface area contributed by atoms with Crippen molar-refractivity contribution >= 4 is 0 Å². The van der Waals surface area contributed by atoms with Crippen molar-refractivity contribution < 1.29 is 20.4 Å². The minimum Gasteiger partial charge on any atom is -0.393 e. The topological polar surface area (TPSA) is 80.9 Å². The molecule has 4 saturated carbocycles. The van der Waals surface area contributed by atoms with Crippen LogP contribution in [-0.2, 0) is 0 Å². The lowest BCUT2D eigenvalue weighted by Gasteiger charge is -2.67. The van der Waals surface area contributed by atoms with Crippen LogP contribution in [0.1, 0.15) is 99.8 Å². The smallest absolute Gasteiger partial charge is 0.0654 e. The van der Waals surface area contributed by atoms with E-state index in [0.717, 1.165) is 51.4 Å². The normalized spacial score (nSPS) is 50.5. The molecule has 4 aliphatic rings. The molecule has 4 rings (SSSR count). The van der Waals surface area contributed by atoms with Crippen molar-refractivity contribution in [1.82, 2.24) is 0 Å². The van der Waals surface area contributed by atoms with Gasteiger partial charge in [0.1, 0.15) is 0 Å². The number of hydrogen-bond donors (Lipinski definition) is 4. The second kappa shape index (κ2) is 8.32. The van der Waals surface area contributed by atoms with Gasteiger partial charge in [-0.05, 0) is 118 Å². The summed E-state index contributed by atoms with van der Waals surface area (Å²) in [5.41, 5.74) is 0.0144. The molecule has 4 aliphatic carbocycles. The van der Waals surface area contributed by atoms with Crippen LogP contribution in [0.15, 0.2) is 11.6 Å². The molecule has 0 aromatic rings. The van der Waals surface area contributed by atoms with Crippen LogP contribution in [0.2, 0.25) is 0 Å². The molecule has 190 valence electrons. The molecule has 0 aromatic carbocycles. The van der Waals surface area contributed by atoms with Crippen molar-refractivity contribution in [3.05, 3.63) is 11.6 Å². The second-order valence-electron chi connectivity index (χ2n) is 14.0. The molecular formula is C29H50O4. The van der Waals surface area contributed by atoms with Crippen LogP contribution < -0.4 is 0 Å². The SMILES string of the molecule is CC(C)=CCC[C@](C)(O)[C@@H]1CC[C@@]2(C)[C@@H]1[C@H](O)C[C@@H]1[C@H]2C[C@H](O)[C@@H]2C(C)(C)[C@H](O)CC[C@]12C. The van der Waals surface area contributed by atoms with Crippen molar-refractivity contribution in [3.63, 3.8) is 0 Å². The maximum atomic E-state index is 11.6. The van der Waals surface area contributed by atoms with Gasteiger partial charge < -0.3 is 20.4 Å². The maximum Gasteiger partial charge on any atom is 0.0654 e. The van der Waals surface area contributed by atoms with Gasteiger partial charge in [-0.25, -0.2) is 0 Å². The molecule has 0 radical (unpaired) electrons. The first-order chi connectivity index (χ1) is 15.2. The Morgan fingerprint density at radius 1 is 0.909 bits per heavy atom. The van der Waals surface area contributed by atoms with Gasteiger partial charge in [-0.15, -0.1) is 0 Å². The van der Waals surface area contributed by atoms with Gasteiger partial charge in [0.25, 0.3) is 0 Å². The summed E-state index contributed by atoms with van der Waals surface area (Å²) in [6.07, 6.45) is 7.74. The highest BCUT2D eigenvalue weighted by molar-refractivity contribution is 5.17. The Morgan fingerprint density at radius 3 is 2.12 bits per heavy atom. The third kappa shape index (κ3) is 3.86. The molecule has 0 aliphatic heterocycles. The Kier molecular flexibility index (Phi) is 6.47. The first-order valence-electron chi connectivity index (χ1n) is 13.6. The van der Waals surface area contributed by atoms with Crippen LogP contribution >= 0.6 is 0 Å². The fourth-order valence-electron chi connectivity index (χ4n) is 9.92. The van der Waals surface area contributed by atoms with E-state index in [2.05, 4.69) is 47.6 Å². The predicted octanol–water partition coefficient (Wildman–Crippen LogP) is 5.08. The molecule has 11 atom stereocenters. The molecule has 0 amide bonds. The van der Waals surface area contributed by atoms with Gasteiger partial charge in [-0.1, -0.05) is 39.3 Å². The zero-order valence-electron chi connectivity index (χ0n) is 22.1. The lowest BCUT2D eigenvalue weighted by molar-refractivity contribution is -0.241. The fourth-order valence-corrected chi connectivity index (χ4v) is 9.92. The molecule has 0 saturated heterocycles. The van der Waals surface area contributed by atoms with E-state index in [1.54, 1.807) is 0 Å². The average Bonchev–Trinajstić information content (AvgIpc) is 3.06. The van der Waals surface area contributed by atoms with Gasteiger partial charge in [0, 0.05) is 0 Å². The predicted molar refractivity (Wildman–Crippen MR) is 132 cm³/mol. The summed E-state index contributed by atoms with van der Waals surface area (Å²) in [6.45, 7) is 15.1. The van der Waals surface area contributed by atoms with Crippen LogP contribution in [0.3, 0.4) is 0 Å². The number of rotatable bonds is 4. The summed E-state index contributed by atoms with van der Waals surface area (Å²) in [5.74, 6) is 0.924. The number of aliphatic hydroxyl groups excluding tert-OH is 3. The Labute approximate surface area is 201 Å². The van der Waals surface area contributed by atoms with Crippen LogP contribution in [0.25, 0.3) is 0 Å². The van der Waals surface area contributed by atoms with Crippen LogP contribution in [0.4, 0.5) is 0 Å². The van der Waals surface area contributed by atoms with E-state index in [-0.39, 0.29) is 40.1 Å². The molecule has 0 spiro atoms. The van der Waals surface area contributed by atoms with Crippen molar-refractivity contribution in [2.45, 2.75) is 124 Å². The molecule has 0 bridgehead atoms. The summed E-state index contributed by atoms with van der Waals surface area (Å²) in [7, 11) is 0. The van der Waals surface area contributed by atoms with Gasteiger partial charge in [0.2, 0.25) is 0 Å². The molecule has 0 heterocycles. The number of hydrogen-bond acceptors (Lipinski definition) is 4. The van der Waals surface area contributed by atoms with Crippen molar-refractivity contribution in [2.24, 2.45) is 45.8 Å². The first-order valence-corrected chi connectivity index (χ1v) is 13.6. The lowest BCUT2D eigenvalue weighted by atomic mass is 9.39. The number of allylic oxidation sites excluding steroid dienone is 2. The highest BCUT2D eigenvalue weighted by Gasteiger charge is 2.68. The molecule has 33 heavy (non-hydrogen) atoms. The lowest BCUT2D eigenvalue weighted by Crippen LogP contribution is -2.66. The minimum atomic E-state index is -0.793. The van der Waals surface area contributed by atoms with Crippen molar-refractivity contribution in [1.29, 1.82) is 0 Å². The van der Waals surface area contributed by atoms with Crippen LogP contribution in [0.5, 0.6) is 0 Å². The molecule has 4 N–H and O–H groups in total. The van der Waals surface area contributed by atoms with E-state index in [9.17, 15) is 20.4 Å². The summed E-state index contributed by atoms with van der Waals surface area (Å²) >= 11 is 0. The largest absolute Gasteiger partial charge is 0.393 e. The summed E-state index contributed by atoms with van der Waals surface area (Å²) in [4.78, 5) is 0. The van der Waals surface area contributed by atoms with Crippen molar-refractivity contribution in [3.8, 4) is 0 Å². The quantitative estimate of drug-likeness (QED) is 0.439. The maximum absolute atomic E-state index is 11.6. The van der Waals surface area contributed by atoms with E-state index < -0.39 is 17.8 Å². The van der Waals surface area contributed by atoms with Gasteiger partial charge in [-0.2, -0.15) is 0 Å². The average molecular weight is 463 g/mol. The second-order valence-corrected chi connectivity index (χ2v) is 14.0. The van der Waals surface area contributed by atoms with Gasteiger partial charge >= 0.3 is 0 Å². The Balaban J connectivity index is 1.64. The monoisotopic (exact) mass is 462 g/mol. The third-order valence-electron chi connectivity index (χ3n) is 11.5. The Hall–Kier alpha value is -0.420. The summed E-state index contributed by atoms with van der Waals surface area (Å²) in [6, 6.07) is 0. The van der Waals surface area contributed by atoms with E-state index in [4.69, 9.17) is 0 Å². The summed E-state index contributed by atoms with van der Waals surface area (Å²) < 4.78 is 0. The number of fused-ring (bicyclic) bond motifs is 5. The number of aliphatic hydroxyl groups is 4. The van der Waals surface area contributed by atoms with Gasteiger partial charge in [0.05, 0.1) is 23.9 Å². The van der Waals surface area contributed by atoms with E-state index in [0.29, 0.717) is 11.8 Å². The fraction of sp³-hybridized carbons (Fsp3) is 0.931. The Bertz CT molecular complexity index is 768.